The third-order valence-corrected chi connectivity index (χ3v) is 3.37. The van der Waals surface area contributed by atoms with Crippen LogP contribution >= 0.6 is 0 Å². The Hall–Kier alpha value is -3.19. The molecule has 122 valence electrons. The van der Waals surface area contributed by atoms with Crippen LogP contribution in [0, 0.1) is 0 Å². The molecular formula is C17H16N4O3. The van der Waals surface area contributed by atoms with E-state index in [0.29, 0.717) is 24.0 Å². The number of anilines is 3. The van der Waals surface area contributed by atoms with Crippen molar-refractivity contribution in [3.05, 3.63) is 54.1 Å². The van der Waals surface area contributed by atoms with Crippen LogP contribution in [0.3, 0.4) is 0 Å². The average molecular weight is 324 g/mol. The highest BCUT2D eigenvalue weighted by molar-refractivity contribution is 5.91. The minimum Gasteiger partial charge on any atom is -0.478 e. The third kappa shape index (κ3) is 3.41. The van der Waals surface area contributed by atoms with Crippen molar-refractivity contribution in [2.24, 2.45) is 0 Å². The highest BCUT2D eigenvalue weighted by Crippen LogP contribution is 2.23. The largest absolute Gasteiger partial charge is 0.478 e. The van der Waals surface area contributed by atoms with Crippen LogP contribution in [-0.2, 0) is 0 Å². The predicted molar refractivity (Wildman–Crippen MR) is 91.8 cm³/mol. The van der Waals surface area contributed by atoms with E-state index in [1.807, 2.05) is 24.3 Å². The molecule has 3 aromatic rings. The molecule has 7 heteroatoms. The molecule has 2 aromatic carbocycles. The van der Waals surface area contributed by atoms with Gasteiger partial charge in [-0.05, 0) is 30.3 Å². The second-order valence-electron chi connectivity index (χ2n) is 5.07. The number of aromatic carboxylic acids is 1. The van der Waals surface area contributed by atoms with Gasteiger partial charge in [0.1, 0.15) is 5.82 Å². The van der Waals surface area contributed by atoms with Gasteiger partial charge >= 0.3 is 5.97 Å². The highest BCUT2D eigenvalue weighted by atomic mass is 16.4. The van der Waals surface area contributed by atoms with Gasteiger partial charge in [-0.3, -0.25) is 0 Å². The molecule has 4 N–H and O–H groups in total. The number of aromatic nitrogens is 2. The zero-order valence-electron chi connectivity index (χ0n) is 12.7. The summed E-state index contributed by atoms with van der Waals surface area (Å²) in [6.45, 7) is 0.358. The van der Waals surface area contributed by atoms with Crippen LogP contribution in [0.5, 0.6) is 0 Å². The molecule has 0 aliphatic carbocycles. The van der Waals surface area contributed by atoms with Gasteiger partial charge < -0.3 is 20.8 Å². The maximum Gasteiger partial charge on any atom is 0.335 e. The van der Waals surface area contributed by atoms with E-state index >= 15 is 0 Å². The Morgan fingerprint density at radius 1 is 1.08 bits per heavy atom. The summed E-state index contributed by atoms with van der Waals surface area (Å²) < 4.78 is 0. The number of para-hydroxylation sites is 1. The number of carboxylic acid groups (broad SMARTS) is 1. The maximum atomic E-state index is 11.1. The van der Waals surface area contributed by atoms with E-state index in [0.717, 1.165) is 10.9 Å². The summed E-state index contributed by atoms with van der Waals surface area (Å²) in [5.41, 5.74) is 1.50. The lowest BCUT2D eigenvalue weighted by Crippen LogP contribution is -2.09. The molecule has 0 saturated heterocycles. The van der Waals surface area contributed by atoms with Gasteiger partial charge in [0.25, 0.3) is 0 Å². The van der Waals surface area contributed by atoms with Gasteiger partial charge in [0.05, 0.1) is 17.7 Å². The van der Waals surface area contributed by atoms with Crippen molar-refractivity contribution in [2.75, 3.05) is 23.8 Å². The molecule has 24 heavy (non-hydrogen) atoms. The van der Waals surface area contributed by atoms with Crippen LogP contribution in [0.2, 0.25) is 0 Å². The summed E-state index contributed by atoms with van der Waals surface area (Å²) in [4.78, 5) is 19.9. The number of hydrogen-bond donors (Lipinski definition) is 4. The Labute approximate surface area is 138 Å². The van der Waals surface area contributed by atoms with Crippen molar-refractivity contribution in [2.45, 2.75) is 0 Å². The molecule has 0 unspecified atom stereocenters. The number of benzene rings is 2. The Morgan fingerprint density at radius 3 is 2.71 bits per heavy atom. The molecule has 0 aliphatic heterocycles. The fourth-order valence-corrected chi connectivity index (χ4v) is 2.30. The molecule has 0 amide bonds. The quantitative estimate of drug-likeness (QED) is 0.551. The van der Waals surface area contributed by atoms with Gasteiger partial charge in [-0.2, -0.15) is 4.98 Å². The fraction of sp³-hybridized carbons (Fsp3) is 0.118. The zero-order chi connectivity index (χ0) is 16.9. The summed E-state index contributed by atoms with van der Waals surface area (Å²) in [6.07, 6.45) is 0. The average Bonchev–Trinajstić information content (AvgIpc) is 2.60. The number of nitrogens with one attached hydrogen (secondary N) is 2. The van der Waals surface area contributed by atoms with Gasteiger partial charge in [-0.15, -0.1) is 0 Å². The number of carbonyl (C=O) groups is 1. The second kappa shape index (κ2) is 6.93. The molecular weight excluding hydrogens is 308 g/mol. The topological polar surface area (TPSA) is 107 Å². The normalized spacial score (nSPS) is 10.5. The summed E-state index contributed by atoms with van der Waals surface area (Å²) in [5, 5.41) is 25.0. The fourth-order valence-electron chi connectivity index (χ4n) is 2.30. The maximum absolute atomic E-state index is 11.1. The number of hydrogen-bond acceptors (Lipinski definition) is 6. The van der Waals surface area contributed by atoms with Crippen molar-refractivity contribution in [3.8, 4) is 0 Å². The molecule has 0 fully saturated rings. The predicted octanol–water partition coefficient (Wildman–Crippen LogP) is 2.48. The van der Waals surface area contributed by atoms with Gasteiger partial charge in [-0.25, -0.2) is 9.78 Å². The van der Waals surface area contributed by atoms with Crippen LogP contribution < -0.4 is 10.6 Å². The lowest BCUT2D eigenvalue weighted by Gasteiger charge is -2.11. The van der Waals surface area contributed by atoms with Crippen molar-refractivity contribution in [1.29, 1.82) is 0 Å². The van der Waals surface area contributed by atoms with E-state index in [-0.39, 0.29) is 12.2 Å². The van der Waals surface area contributed by atoms with Crippen LogP contribution in [0.1, 0.15) is 10.4 Å². The molecule has 0 aliphatic rings. The van der Waals surface area contributed by atoms with Crippen molar-refractivity contribution in [3.63, 3.8) is 0 Å². The summed E-state index contributed by atoms with van der Waals surface area (Å²) >= 11 is 0. The molecule has 3 rings (SSSR count). The van der Waals surface area contributed by atoms with E-state index in [1.54, 1.807) is 12.1 Å². The van der Waals surface area contributed by atoms with Gasteiger partial charge in [-0.1, -0.05) is 18.2 Å². The van der Waals surface area contributed by atoms with Gasteiger partial charge in [0.15, 0.2) is 0 Å². The summed E-state index contributed by atoms with van der Waals surface area (Å²) in [6, 6.07) is 13.9. The third-order valence-electron chi connectivity index (χ3n) is 3.37. The van der Waals surface area contributed by atoms with Crippen molar-refractivity contribution >= 4 is 34.3 Å². The van der Waals surface area contributed by atoms with Crippen LogP contribution in [0.25, 0.3) is 10.9 Å². The molecule has 1 heterocycles. The molecule has 0 saturated carbocycles. The first-order chi connectivity index (χ1) is 11.7. The molecule has 0 bridgehead atoms. The number of aliphatic hydroxyl groups excluding tert-OH is 1. The molecule has 0 spiro atoms. The minimum atomic E-state index is -0.997. The Balaban J connectivity index is 1.97. The van der Waals surface area contributed by atoms with Crippen LogP contribution in [-0.4, -0.2) is 39.3 Å². The van der Waals surface area contributed by atoms with Crippen LogP contribution in [0.15, 0.2) is 48.5 Å². The molecule has 0 radical (unpaired) electrons. The molecule has 1 aromatic heterocycles. The highest BCUT2D eigenvalue weighted by Gasteiger charge is 2.09. The first-order valence-corrected chi connectivity index (χ1v) is 7.39. The smallest absolute Gasteiger partial charge is 0.335 e. The Morgan fingerprint density at radius 2 is 1.92 bits per heavy atom. The minimum absolute atomic E-state index is 0.0122. The van der Waals surface area contributed by atoms with Crippen LogP contribution in [0.4, 0.5) is 17.5 Å². The monoisotopic (exact) mass is 324 g/mol. The number of carboxylic acids is 1. The SMILES string of the molecule is O=C(O)c1cccc(Nc2nc(NCCO)c3ccccc3n2)c1. The summed E-state index contributed by atoms with van der Waals surface area (Å²) in [5.74, 6) is -0.0494. The van der Waals surface area contributed by atoms with E-state index in [9.17, 15) is 4.79 Å². The second-order valence-corrected chi connectivity index (χ2v) is 5.07. The molecule has 7 nitrogen and oxygen atoms in total. The standard InChI is InChI=1S/C17H16N4O3/c22-9-8-18-15-13-6-1-2-7-14(13)20-17(21-15)19-12-5-3-4-11(10-12)16(23)24/h1-7,10,22H,8-9H2,(H,23,24)(H2,18,19,20,21). The Kier molecular flexibility index (Phi) is 4.53. The lowest BCUT2D eigenvalue weighted by atomic mass is 10.2. The summed E-state index contributed by atoms with van der Waals surface area (Å²) in [7, 11) is 0. The van der Waals surface area contributed by atoms with Crippen molar-refractivity contribution in [1.82, 2.24) is 9.97 Å². The number of rotatable bonds is 6. The number of fused-ring (bicyclic) bond motifs is 1. The lowest BCUT2D eigenvalue weighted by molar-refractivity contribution is 0.0697. The first-order valence-electron chi connectivity index (χ1n) is 7.39. The van der Waals surface area contributed by atoms with E-state index in [1.165, 1.54) is 12.1 Å². The van der Waals surface area contributed by atoms with Crippen molar-refractivity contribution < 1.29 is 15.0 Å². The molecule has 0 atom stereocenters. The van der Waals surface area contributed by atoms with E-state index in [4.69, 9.17) is 10.2 Å². The number of aliphatic hydroxyl groups is 1. The number of nitrogens with zero attached hydrogens (tertiary/aromatic N) is 2. The van der Waals surface area contributed by atoms with E-state index < -0.39 is 5.97 Å². The van der Waals surface area contributed by atoms with E-state index in [2.05, 4.69) is 20.6 Å². The first kappa shape index (κ1) is 15.7. The zero-order valence-corrected chi connectivity index (χ0v) is 12.7. The van der Waals surface area contributed by atoms with Gasteiger partial charge in [0, 0.05) is 17.6 Å². The Bertz CT molecular complexity index is 883. The van der Waals surface area contributed by atoms with Gasteiger partial charge in [0.2, 0.25) is 5.95 Å².